The largest absolute Gasteiger partial charge is 0.459 e. The third kappa shape index (κ3) is 5.20. The van der Waals surface area contributed by atoms with Crippen LogP contribution in [0.25, 0.3) is 5.82 Å². The van der Waals surface area contributed by atoms with Gasteiger partial charge in [-0.2, -0.15) is 4.68 Å². The molecule has 1 aromatic carbocycles. The van der Waals surface area contributed by atoms with E-state index in [1.165, 1.54) is 11.0 Å². The molecule has 2 aliphatic rings. The van der Waals surface area contributed by atoms with Gasteiger partial charge in [0.2, 0.25) is 5.91 Å². The summed E-state index contributed by atoms with van der Waals surface area (Å²) in [5.74, 6) is 0.337. The number of aliphatic hydroxyl groups is 1. The molecule has 2 aliphatic heterocycles. The summed E-state index contributed by atoms with van der Waals surface area (Å²) in [7, 11) is 0. The molecular formula is C24H27N7O4. The molecule has 0 bridgehead atoms. The fourth-order valence-corrected chi connectivity index (χ4v) is 4.53. The summed E-state index contributed by atoms with van der Waals surface area (Å²) in [5.41, 5.74) is 3.12. The zero-order chi connectivity index (χ0) is 24.4. The maximum Gasteiger partial charge on any atom is 0.338 e. The minimum Gasteiger partial charge on any atom is -0.459 e. The summed E-state index contributed by atoms with van der Waals surface area (Å²) in [6.07, 6.45) is 3.24. The van der Waals surface area contributed by atoms with Crippen LogP contribution in [0.1, 0.15) is 40.1 Å². The molecule has 0 saturated carbocycles. The normalized spacial score (nSPS) is 19.2. The van der Waals surface area contributed by atoms with Crippen LogP contribution < -0.4 is 0 Å². The SMILES string of the molecule is C[C@H]1Cc2cc(C(O)CN3CCN(C(=O)Cc4ccc(-n5cnnn5)nc4)CC3)ccc2C(=O)O1. The Labute approximate surface area is 202 Å². The van der Waals surface area contributed by atoms with E-state index < -0.39 is 6.10 Å². The molecule has 0 aliphatic carbocycles. The summed E-state index contributed by atoms with van der Waals surface area (Å²) in [5, 5.41) is 21.8. The minimum atomic E-state index is -0.666. The number of aromatic nitrogens is 5. The smallest absolute Gasteiger partial charge is 0.338 e. The molecule has 1 amide bonds. The Bertz CT molecular complexity index is 1190. The van der Waals surface area contributed by atoms with Gasteiger partial charge in [-0.15, -0.1) is 5.10 Å². The van der Waals surface area contributed by atoms with Crippen LogP contribution in [-0.4, -0.2) is 90.8 Å². The van der Waals surface area contributed by atoms with E-state index in [1.807, 2.05) is 24.0 Å². The summed E-state index contributed by atoms with van der Waals surface area (Å²) in [6.45, 7) is 4.93. The van der Waals surface area contributed by atoms with Crippen molar-refractivity contribution in [1.29, 1.82) is 0 Å². The standard InChI is InChI=1S/C24H27N7O4/c1-16-10-19-12-18(3-4-20(19)24(34)35-16)21(32)14-29-6-8-30(9-7-29)23(33)11-17-2-5-22(25-13-17)31-15-26-27-28-31/h2-5,12-13,15-16,21,32H,6-11,14H2,1H3/t16-,21?/m0/s1. The van der Waals surface area contributed by atoms with Crippen LogP contribution in [0.5, 0.6) is 0 Å². The average molecular weight is 478 g/mol. The molecule has 5 rings (SSSR count). The van der Waals surface area contributed by atoms with Crippen molar-refractivity contribution in [1.82, 2.24) is 35.0 Å². The lowest BCUT2D eigenvalue weighted by molar-refractivity contribution is -0.132. The van der Waals surface area contributed by atoms with Gasteiger partial charge in [0, 0.05) is 45.3 Å². The third-order valence-electron chi connectivity index (χ3n) is 6.45. The number of nitrogens with zero attached hydrogens (tertiary/aromatic N) is 7. The molecule has 2 atom stereocenters. The molecule has 182 valence electrons. The number of hydrogen-bond donors (Lipinski definition) is 1. The topological polar surface area (TPSA) is 127 Å². The Morgan fingerprint density at radius 2 is 2.03 bits per heavy atom. The molecule has 0 radical (unpaired) electrons. The van der Waals surface area contributed by atoms with Crippen molar-refractivity contribution in [2.24, 2.45) is 0 Å². The maximum absolute atomic E-state index is 12.8. The Morgan fingerprint density at radius 3 is 2.74 bits per heavy atom. The van der Waals surface area contributed by atoms with Crippen LogP contribution in [0.3, 0.4) is 0 Å². The van der Waals surface area contributed by atoms with E-state index in [0.717, 1.165) is 16.7 Å². The van der Waals surface area contributed by atoms with Crippen molar-refractivity contribution < 1.29 is 19.4 Å². The van der Waals surface area contributed by atoms with Crippen LogP contribution in [0.15, 0.2) is 42.9 Å². The molecule has 35 heavy (non-hydrogen) atoms. The molecule has 4 heterocycles. The highest BCUT2D eigenvalue weighted by atomic mass is 16.5. The van der Waals surface area contributed by atoms with Gasteiger partial charge >= 0.3 is 5.97 Å². The molecular weight excluding hydrogens is 450 g/mol. The number of β-amino-alcohol motifs (C(OH)–C–C–N with tert-alkyl or cyclic N) is 1. The van der Waals surface area contributed by atoms with Crippen molar-refractivity contribution in [3.8, 4) is 5.82 Å². The van der Waals surface area contributed by atoms with Crippen LogP contribution in [0.4, 0.5) is 0 Å². The second-order valence-electron chi connectivity index (χ2n) is 8.99. The zero-order valence-corrected chi connectivity index (χ0v) is 19.4. The summed E-state index contributed by atoms with van der Waals surface area (Å²) >= 11 is 0. The Hall–Kier alpha value is -3.70. The number of ether oxygens (including phenoxy) is 1. The summed E-state index contributed by atoms with van der Waals surface area (Å²) < 4.78 is 6.72. The zero-order valence-electron chi connectivity index (χ0n) is 19.4. The number of carbonyl (C=O) groups excluding carboxylic acids is 2. The number of cyclic esters (lactones) is 1. The number of esters is 1. The van der Waals surface area contributed by atoms with Crippen LogP contribution in [0, 0.1) is 0 Å². The quantitative estimate of drug-likeness (QED) is 0.507. The van der Waals surface area contributed by atoms with E-state index in [0.29, 0.717) is 50.5 Å². The minimum absolute atomic E-state index is 0.0536. The van der Waals surface area contributed by atoms with Gasteiger partial charge in [-0.25, -0.2) is 9.78 Å². The molecule has 3 aromatic rings. The number of piperazine rings is 1. The Kier molecular flexibility index (Phi) is 6.51. The molecule has 1 N–H and O–H groups in total. The lowest BCUT2D eigenvalue weighted by Crippen LogP contribution is -2.50. The van der Waals surface area contributed by atoms with E-state index in [4.69, 9.17) is 4.74 Å². The fourth-order valence-electron chi connectivity index (χ4n) is 4.53. The van der Waals surface area contributed by atoms with Gasteiger partial charge in [-0.3, -0.25) is 9.69 Å². The maximum atomic E-state index is 12.8. The first-order chi connectivity index (χ1) is 17.0. The number of tetrazole rings is 1. The molecule has 1 fully saturated rings. The number of aliphatic hydroxyl groups excluding tert-OH is 1. The van der Waals surface area contributed by atoms with Gasteiger partial charge < -0.3 is 14.7 Å². The fraction of sp³-hybridized carbons (Fsp3) is 0.417. The summed E-state index contributed by atoms with van der Waals surface area (Å²) in [6, 6.07) is 9.08. The van der Waals surface area contributed by atoms with Gasteiger partial charge in [-0.1, -0.05) is 18.2 Å². The lowest BCUT2D eigenvalue weighted by Gasteiger charge is -2.36. The number of carbonyl (C=O) groups is 2. The highest BCUT2D eigenvalue weighted by Gasteiger charge is 2.26. The second kappa shape index (κ2) is 9.88. The van der Waals surface area contributed by atoms with E-state index in [2.05, 4.69) is 25.4 Å². The van der Waals surface area contributed by atoms with E-state index in [-0.39, 0.29) is 24.4 Å². The molecule has 2 aromatic heterocycles. The second-order valence-corrected chi connectivity index (χ2v) is 8.99. The Balaban J connectivity index is 1.12. The number of hydrogen-bond acceptors (Lipinski definition) is 9. The van der Waals surface area contributed by atoms with E-state index in [1.54, 1.807) is 24.4 Å². The predicted octanol–water partition coefficient (Wildman–Crippen LogP) is 0.579. The van der Waals surface area contributed by atoms with Crippen molar-refractivity contribution in [3.05, 3.63) is 65.1 Å². The first-order valence-corrected chi connectivity index (χ1v) is 11.7. The van der Waals surface area contributed by atoms with Crippen LogP contribution in [-0.2, 0) is 22.4 Å². The van der Waals surface area contributed by atoms with Crippen LogP contribution >= 0.6 is 0 Å². The number of rotatable bonds is 6. The first-order valence-electron chi connectivity index (χ1n) is 11.7. The highest BCUT2D eigenvalue weighted by molar-refractivity contribution is 5.92. The van der Waals surface area contributed by atoms with Gasteiger partial charge in [-0.05, 0) is 46.2 Å². The summed E-state index contributed by atoms with van der Waals surface area (Å²) in [4.78, 5) is 33.1. The average Bonchev–Trinajstić information content (AvgIpc) is 3.39. The molecule has 0 spiro atoms. The van der Waals surface area contributed by atoms with Crippen molar-refractivity contribution in [2.75, 3.05) is 32.7 Å². The highest BCUT2D eigenvalue weighted by Crippen LogP contribution is 2.25. The molecule has 11 heteroatoms. The molecule has 11 nitrogen and oxygen atoms in total. The number of pyridine rings is 1. The van der Waals surface area contributed by atoms with Gasteiger partial charge in [0.1, 0.15) is 12.4 Å². The van der Waals surface area contributed by atoms with Crippen molar-refractivity contribution in [3.63, 3.8) is 0 Å². The third-order valence-corrected chi connectivity index (χ3v) is 6.45. The lowest BCUT2D eigenvalue weighted by atomic mass is 9.95. The Morgan fingerprint density at radius 1 is 1.20 bits per heavy atom. The van der Waals surface area contributed by atoms with Gasteiger partial charge in [0.05, 0.1) is 18.1 Å². The van der Waals surface area contributed by atoms with Gasteiger partial charge in [0.15, 0.2) is 5.82 Å². The number of fused-ring (bicyclic) bond motifs is 1. The van der Waals surface area contributed by atoms with Crippen molar-refractivity contribution in [2.45, 2.75) is 32.0 Å². The molecule has 1 saturated heterocycles. The molecule has 1 unspecified atom stereocenters. The monoisotopic (exact) mass is 477 g/mol. The van der Waals surface area contributed by atoms with E-state index in [9.17, 15) is 14.7 Å². The number of benzene rings is 1. The first kappa shape index (κ1) is 23.1. The van der Waals surface area contributed by atoms with Crippen LogP contribution in [0.2, 0.25) is 0 Å². The predicted molar refractivity (Wildman–Crippen MR) is 124 cm³/mol. The van der Waals surface area contributed by atoms with E-state index >= 15 is 0 Å². The van der Waals surface area contributed by atoms with Crippen molar-refractivity contribution >= 4 is 11.9 Å². The van der Waals surface area contributed by atoms with Gasteiger partial charge in [0.25, 0.3) is 0 Å². The number of amides is 1.